The summed E-state index contributed by atoms with van der Waals surface area (Å²) in [6.07, 6.45) is 12.4. The second kappa shape index (κ2) is 19.8. The van der Waals surface area contributed by atoms with Gasteiger partial charge in [0.1, 0.15) is 11.5 Å². The maximum absolute atomic E-state index is 6.51. The van der Waals surface area contributed by atoms with Crippen molar-refractivity contribution in [3.63, 3.8) is 0 Å². The second-order valence-electron chi connectivity index (χ2n) is 12.2. The Hall–Kier alpha value is -5.03. The van der Waals surface area contributed by atoms with E-state index in [1.165, 1.54) is 34.8 Å². The van der Waals surface area contributed by atoms with Crippen LogP contribution in [0.15, 0.2) is 105 Å². The molecule has 0 bridgehead atoms. The Morgan fingerprint density at radius 1 is 0.520 bits per heavy atom. The molecule has 0 N–H and O–H groups in total. The van der Waals surface area contributed by atoms with Crippen LogP contribution in [0.5, 0.6) is 11.5 Å². The molecule has 5 heteroatoms. The van der Waals surface area contributed by atoms with Gasteiger partial charge in [-0.1, -0.05) is 60.6 Å². The summed E-state index contributed by atoms with van der Waals surface area (Å²) in [7, 11) is 0. The molecule has 0 unspecified atom stereocenters. The Morgan fingerprint density at radius 2 is 0.980 bits per heavy atom. The maximum atomic E-state index is 6.51. The Bertz CT molecular complexity index is 1850. The summed E-state index contributed by atoms with van der Waals surface area (Å²) in [5.41, 5.74) is 8.91. The number of hydrogen-bond donors (Lipinski definition) is 0. The smallest absolute Gasteiger partial charge is 0.137 e. The quantitative estimate of drug-likeness (QED) is 0.0523. The highest BCUT2D eigenvalue weighted by atomic mass is 35.5. The van der Waals surface area contributed by atoms with Crippen LogP contribution in [0.3, 0.4) is 0 Å². The summed E-state index contributed by atoms with van der Waals surface area (Å²) in [6.45, 7) is 9.93. The Morgan fingerprint density at radius 3 is 1.52 bits per heavy atom. The van der Waals surface area contributed by atoms with E-state index in [4.69, 9.17) is 30.5 Å². The van der Waals surface area contributed by atoms with E-state index in [1.54, 1.807) is 0 Å². The number of ether oxygens (including phenoxy) is 4. The number of hydrogen-bond acceptors (Lipinski definition) is 4. The monoisotopic (exact) mass is 684 g/mol. The molecular formula is C45H45ClO4. The SMILES string of the molecule is C=COCCCCCCOc1ccc(C#Cc2ccc3c(c2)Cc2cc(C#Cc4ccc(OCCCCCCOC=C)c(Cl)c4)ccc2-3)cc1. The van der Waals surface area contributed by atoms with Gasteiger partial charge in [-0.15, -0.1) is 0 Å². The molecule has 5 rings (SSSR count). The first kappa shape index (κ1) is 36.3. The lowest BCUT2D eigenvalue weighted by atomic mass is 10.0. The van der Waals surface area contributed by atoms with Gasteiger partial charge in [0.25, 0.3) is 0 Å². The van der Waals surface area contributed by atoms with Crippen molar-refractivity contribution in [2.24, 2.45) is 0 Å². The first-order chi connectivity index (χ1) is 24.6. The number of benzene rings is 4. The van der Waals surface area contributed by atoms with E-state index in [0.717, 1.165) is 99.0 Å². The summed E-state index contributed by atoms with van der Waals surface area (Å²) in [5.74, 6) is 14.8. The van der Waals surface area contributed by atoms with Gasteiger partial charge in [-0.05, 0) is 147 Å². The highest BCUT2D eigenvalue weighted by molar-refractivity contribution is 6.32. The summed E-state index contributed by atoms with van der Waals surface area (Å²) >= 11 is 6.51. The minimum absolute atomic E-state index is 0.578. The highest BCUT2D eigenvalue weighted by Gasteiger charge is 2.18. The minimum Gasteiger partial charge on any atom is -0.502 e. The van der Waals surface area contributed by atoms with Gasteiger partial charge in [0.05, 0.1) is 44.0 Å². The average Bonchev–Trinajstić information content (AvgIpc) is 3.50. The zero-order chi connectivity index (χ0) is 34.8. The first-order valence-corrected chi connectivity index (χ1v) is 17.9. The molecule has 0 spiro atoms. The van der Waals surface area contributed by atoms with Gasteiger partial charge in [0.15, 0.2) is 0 Å². The van der Waals surface area contributed by atoms with Crippen LogP contribution in [0.1, 0.15) is 84.7 Å². The molecule has 50 heavy (non-hydrogen) atoms. The van der Waals surface area contributed by atoms with Crippen LogP contribution >= 0.6 is 11.6 Å². The van der Waals surface area contributed by atoms with Gasteiger partial charge in [0.2, 0.25) is 0 Å². The largest absolute Gasteiger partial charge is 0.502 e. The molecule has 0 saturated heterocycles. The average molecular weight is 685 g/mol. The summed E-state index contributed by atoms with van der Waals surface area (Å²) in [4.78, 5) is 0. The normalized spacial score (nSPS) is 10.8. The van der Waals surface area contributed by atoms with Gasteiger partial charge in [0, 0.05) is 22.3 Å². The molecule has 4 nitrogen and oxygen atoms in total. The van der Waals surface area contributed by atoms with Gasteiger partial charge in [-0.2, -0.15) is 0 Å². The molecule has 4 aromatic carbocycles. The molecule has 1 aliphatic carbocycles. The van der Waals surface area contributed by atoms with Crippen LogP contribution in [0.4, 0.5) is 0 Å². The summed E-state index contributed by atoms with van der Waals surface area (Å²) in [5, 5.41) is 0.578. The molecule has 0 atom stereocenters. The van der Waals surface area contributed by atoms with Gasteiger partial charge < -0.3 is 18.9 Å². The molecule has 0 aliphatic heterocycles. The van der Waals surface area contributed by atoms with Crippen molar-refractivity contribution in [3.05, 3.63) is 143 Å². The zero-order valence-corrected chi connectivity index (χ0v) is 29.5. The number of halogens is 1. The standard InChI is InChI=1S/C45H45ClO4/c1-3-47-27-9-5-7-11-29-49-41-22-17-35(18-23-41)13-14-36-19-24-42-39(31-36)34-40-32-37(20-25-43(40)42)15-16-38-21-26-45(44(46)33-38)50-30-12-8-6-10-28-48-4-2/h3-4,17-26,31-33H,1-2,5-12,27-30,34H2. The fraction of sp³-hybridized carbons (Fsp3) is 0.289. The van der Waals surface area contributed by atoms with E-state index in [0.29, 0.717) is 24.0 Å². The molecule has 0 radical (unpaired) electrons. The Balaban J connectivity index is 1.09. The third kappa shape index (κ3) is 11.3. The molecular weight excluding hydrogens is 640 g/mol. The Kier molecular flexibility index (Phi) is 14.4. The van der Waals surface area contributed by atoms with Crippen molar-refractivity contribution in [3.8, 4) is 46.3 Å². The summed E-state index contributed by atoms with van der Waals surface area (Å²) < 4.78 is 22.1. The topological polar surface area (TPSA) is 36.9 Å². The highest BCUT2D eigenvalue weighted by Crippen LogP contribution is 2.37. The fourth-order valence-corrected chi connectivity index (χ4v) is 6.04. The van der Waals surface area contributed by atoms with Crippen LogP contribution in [-0.2, 0) is 15.9 Å². The summed E-state index contributed by atoms with van der Waals surface area (Å²) in [6, 6.07) is 26.7. The van der Waals surface area contributed by atoms with Crippen molar-refractivity contribution in [2.75, 3.05) is 26.4 Å². The van der Waals surface area contributed by atoms with Crippen molar-refractivity contribution < 1.29 is 18.9 Å². The molecule has 0 saturated carbocycles. The lowest BCUT2D eigenvalue weighted by Gasteiger charge is -2.08. The second-order valence-corrected chi connectivity index (χ2v) is 12.6. The van der Waals surface area contributed by atoms with Crippen molar-refractivity contribution in [1.82, 2.24) is 0 Å². The molecule has 0 amide bonds. The van der Waals surface area contributed by atoms with Gasteiger partial charge >= 0.3 is 0 Å². The fourth-order valence-electron chi connectivity index (χ4n) is 5.81. The molecule has 256 valence electrons. The molecule has 1 aliphatic rings. The van der Waals surface area contributed by atoms with Crippen LogP contribution in [0.25, 0.3) is 11.1 Å². The molecule has 4 aromatic rings. The number of fused-ring (bicyclic) bond motifs is 3. The van der Waals surface area contributed by atoms with Gasteiger partial charge in [-0.25, -0.2) is 0 Å². The van der Waals surface area contributed by atoms with Gasteiger partial charge in [-0.3, -0.25) is 0 Å². The van der Waals surface area contributed by atoms with Crippen LogP contribution in [0.2, 0.25) is 5.02 Å². The first-order valence-electron chi connectivity index (χ1n) is 17.5. The molecule has 0 fully saturated rings. The third-order valence-corrected chi connectivity index (χ3v) is 8.74. The molecule has 0 heterocycles. The maximum Gasteiger partial charge on any atom is 0.137 e. The van der Waals surface area contributed by atoms with E-state index < -0.39 is 0 Å². The van der Waals surface area contributed by atoms with E-state index >= 15 is 0 Å². The minimum atomic E-state index is 0.578. The van der Waals surface area contributed by atoms with E-state index in [9.17, 15) is 0 Å². The lowest BCUT2D eigenvalue weighted by molar-refractivity contribution is 0.239. The van der Waals surface area contributed by atoms with Crippen LogP contribution in [-0.4, -0.2) is 26.4 Å². The van der Waals surface area contributed by atoms with Crippen molar-refractivity contribution >= 4 is 11.6 Å². The van der Waals surface area contributed by atoms with E-state index in [-0.39, 0.29) is 0 Å². The third-order valence-electron chi connectivity index (χ3n) is 8.45. The Labute approximate surface area is 303 Å². The van der Waals surface area contributed by atoms with Crippen LogP contribution in [0, 0.1) is 23.7 Å². The zero-order valence-electron chi connectivity index (χ0n) is 28.8. The number of unbranched alkanes of at least 4 members (excludes halogenated alkanes) is 6. The number of rotatable bonds is 18. The van der Waals surface area contributed by atoms with Crippen LogP contribution < -0.4 is 9.47 Å². The van der Waals surface area contributed by atoms with E-state index in [2.05, 4.69) is 73.2 Å². The molecule has 0 aromatic heterocycles. The lowest BCUT2D eigenvalue weighted by Crippen LogP contribution is -1.98. The predicted octanol–water partition coefficient (Wildman–Crippen LogP) is 10.9. The van der Waals surface area contributed by atoms with Crippen molar-refractivity contribution in [1.29, 1.82) is 0 Å². The predicted molar refractivity (Wildman–Crippen MR) is 205 cm³/mol. The van der Waals surface area contributed by atoms with E-state index in [1.807, 2.05) is 42.5 Å². The van der Waals surface area contributed by atoms with Crippen molar-refractivity contribution in [2.45, 2.75) is 57.8 Å².